The van der Waals surface area contributed by atoms with Gasteiger partial charge in [-0.25, -0.2) is 0 Å². The van der Waals surface area contributed by atoms with Crippen LogP contribution in [0.15, 0.2) is 41.1 Å². The maximum absolute atomic E-state index is 5.67. The smallest absolute Gasteiger partial charge is 0.154 e. The monoisotopic (exact) mass is 366 g/mol. The van der Waals surface area contributed by atoms with Crippen molar-refractivity contribution in [2.45, 2.75) is 45.2 Å². The van der Waals surface area contributed by atoms with Crippen LogP contribution in [0.5, 0.6) is 5.75 Å². The van der Waals surface area contributed by atoms with Gasteiger partial charge in [0.1, 0.15) is 5.75 Å². The predicted molar refractivity (Wildman–Crippen MR) is 104 cm³/mol. The Bertz CT molecular complexity index is 882. The lowest BCUT2D eigenvalue weighted by molar-refractivity contribution is 0.206. The van der Waals surface area contributed by atoms with Crippen LogP contribution in [-0.4, -0.2) is 33.9 Å². The summed E-state index contributed by atoms with van der Waals surface area (Å²) < 4.78 is 10.9. The molecule has 1 atom stereocenters. The normalized spacial score (nSPS) is 17.7. The highest BCUT2D eigenvalue weighted by Gasteiger charge is 2.30. The third-order valence-corrected chi connectivity index (χ3v) is 5.30. The number of H-pyrrole nitrogens is 1. The van der Waals surface area contributed by atoms with Crippen molar-refractivity contribution >= 4 is 0 Å². The number of ether oxygens (including phenoxy) is 1. The van der Waals surface area contributed by atoms with Gasteiger partial charge in [-0.3, -0.25) is 10.00 Å². The van der Waals surface area contributed by atoms with Crippen LogP contribution in [0.1, 0.15) is 55.7 Å². The molecule has 0 unspecified atom stereocenters. The number of nitrogens with one attached hydrogen (secondary N) is 1. The van der Waals surface area contributed by atoms with Gasteiger partial charge >= 0.3 is 0 Å². The maximum Gasteiger partial charge on any atom is 0.154 e. The lowest BCUT2D eigenvalue weighted by Crippen LogP contribution is -2.22. The standard InChI is InChI=1S/C21H26N4O2/c1-14(2)18-11-20(27-24-18)19-5-4-10-25(19)13-16-12-22-23-21(16)15-6-8-17(26-3)9-7-15/h6-9,11-12,14,19H,4-5,10,13H2,1-3H3,(H,22,23)/t19-/m1/s1. The van der Waals surface area contributed by atoms with E-state index in [4.69, 9.17) is 9.26 Å². The van der Waals surface area contributed by atoms with Crippen LogP contribution < -0.4 is 4.74 Å². The highest BCUT2D eigenvalue weighted by Crippen LogP contribution is 2.35. The topological polar surface area (TPSA) is 67.2 Å². The van der Waals surface area contributed by atoms with Gasteiger partial charge < -0.3 is 9.26 Å². The number of rotatable bonds is 6. The molecule has 0 aliphatic carbocycles. The molecule has 4 rings (SSSR count). The van der Waals surface area contributed by atoms with E-state index in [1.54, 1.807) is 7.11 Å². The Morgan fingerprint density at radius 2 is 2.11 bits per heavy atom. The highest BCUT2D eigenvalue weighted by molar-refractivity contribution is 5.63. The predicted octanol–water partition coefficient (Wildman–Crippen LogP) is 4.53. The number of benzene rings is 1. The number of hydrogen-bond donors (Lipinski definition) is 1. The van der Waals surface area contributed by atoms with E-state index in [9.17, 15) is 0 Å². The van der Waals surface area contributed by atoms with Gasteiger partial charge in [0, 0.05) is 23.7 Å². The van der Waals surface area contributed by atoms with E-state index in [0.717, 1.165) is 54.4 Å². The van der Waals surface area contributed by atoms with Crippen molar-refractivity contribution in [3.8, 4) is 17.0 Å². The molecule has 0 amide bonds. The minimum atomic E-state index is 0.281. The Morgan fingerprint density at radius 1 is 1.30 bits per heavy atom. The first-order chi connectivity index (χ1) is 13.2. The molecule has 0 radical (unpaired) electrons. The van der Waals surface area contributed by atoms with Crippen molar-refractivity contribution in [2.24, 2.45) is 0 Å². The largest absolute Gasteiger partial charge is 0.497 e. The molecule has 6 heteroatoms. The quantitative estimate of drug-likeness (QED) is 0.694. The molecule has 1 fully saturated rings. The summed E-state index contributed by atoms with van der Waals surface area (Å²) in [6.07, 6.45) is 4.19. The molecule has 1 saturated heterocycles. The molecule has 0 saturated carbocycles. The molecule has 3 aromatic rings. The molecular formula is C21H26N4O2. The second-order valence-corrected chi connectivity index (χ2v) is 7.44. The number of aromatic amines is 1. The van der Waals surface area contributed by atoms with Gasteiger partial charge in [-0.1, -0.05) is 19.0 Å². The zero-order valence-electron chi connectivity index (χ0n) is 16.1. The maximum atomic E-state index is 5.67. The van der Waals surface area contributed by atoms with Crippen LogP contribution >= 0.6 is 0 Å². The summed E-state index contributed by atoms with van der Waals surface area (Å²) in [5.41, 5.74) is 4.39. The first-order valence-electron chi connectivity index (χ1n) is 9.53. The van der Waals surface area contributed by atoms with Gasteiger partial charge in [-0.15, -0.1) is 0 Å². The van der Waals surface area contributed by atoms with E-state index in [2.05, 4.69) is 52.3 Å². The number of likely N-dealkylation sites (tertiary alicyclic amines) is 1. The van der Waals surface area contributed by atoms with Crippen LogP contribution in [0, 0.1) is 0 Å². The average Bonchev–Trinajstić information content (AvgIpc) is 3.42. The second kappa shape index (κ2) is 7.56. The lowest BCUT2D eigenvalue weighted by atomic mass is 10.1. The Morgan fingerprint density at radius 3 is 2.81 bits per heavy atom. The van der Waals surface area contributed by atoms with Crippen LogP contribution in [0.25, 0.3) is 11.3 Å². The SMILES string of the molecule is COc1ccc(-c2[nH]ncc2CN2CCC[C@@H]2c2cc(C(C)C)no2)cc1. The van der Waals surface area contributed by atoms with Crippen LogP contribution in [0.3, 0.4) is 0 Å². The van der Waals surface area contributed by atoms with Crippen molar-refractivity contribution in [2.75, 3.05) is 13.7 Å². The van der Waals surface area contributed by atoms with Gasteiger partial charge in [0.15, 0.2) is 5.76 Å². The van der Waals surface area contributed by atoms with E-state index in [1.807, 2.05) is 18.3 Å². The summed E-state index contributed by atoms with van der Waals surface area (Å²) >= 11 is 0. The minimum Gasteiger partial charge on any atom is -0.497 e. The van der Waals surface area contributed by atoms with Gasteiger partial charge in [0.25, 0.3) is 0 Å². The summed E-state index contributed by atoms with van der Waals surface area (Å²) in [4.78, 5) is 2.46. The fourth-order valence-corrected chi connectivity index (χ4v) is 3.73. The Labute approximate surface area is 159 Å². The van der Waals surface area contributed by atoms with E-state index in [1.165, 1.54) is 5.56 Å². The molecule has 1 aliphatic rings. The molecule has 1 aliphatic heterocycles. The Kier molecular flexibility index (Phi) is 4.99. The summed E-state index contributed by atoms with van der Waals surface area (Å²) in [5, 5.41) is 11.7. The first-order valence-corrected chi connectivity index (χ1v) is 9.53. The van der Waals surface area contributed by atoms with Crippen molar-refractivity contribution in [1.29, 1.82) is 0 Å². The minimum absolute atomic E-state index is 0.281. The van der Waals surface area contributed by atoms with Crippen molar-refractivity contribution < 1.29 is 9.26 Å². The summed E-state index contributed by atoms with van der Waals surface area (Å²) in [5.74, 6) is 2.21. The summed E-state index contributed by atoms with van der Waals surface area (Å²) in [7, 11) is 1.68. The molecular weight excluding hydrogens is 340 g/mol. The Balaban J connectivity index is 1.54. The molecule has 2 aromatic heterocycles. The van der Waals surface area contributed by atoms with E-state index < -0.39 is 0 Å². The lowest BCUT2D eigenvalue weighted by Gasteiger charge is -2.22. The van der Waals surface area contributed by atoms with Crippen molar-refractivity contribution in [1.82, 2.24) is 20.3 Å². The van der Waals surface area contributed by atoms with Gasteiger partial charge in [-0.05, 0) is 49.6 Å². The zero-order chi connectivity index (χ0) is 18.8. The summed E-state index contributed by atoms with van der Waals surface area (Å²) in [6.45, 7) is 6.16. The Hall–Kier alpha value is -2.60. The third kappa shape index (κ3) is 3.62. The van der Waals surface area contributed by atoms with Gasteiger partial charge in [-0.2, -0.15) is 5.10 Å². The number of hydrogen-bond acceptors (Lipinski definition) is 5. The van der Waals surface area contributed by atoms with E-state index in [0.29, 0.717) is 5.92 Å². The molecule has 6 nitrogen and oxygen atoms in total. The van der Waals surface area contributed by atoms with E-state index >= 15 is 0 Å². The van der Waals surface area contributed by atoms with Crippen LogP contribution in [-0.2, 0) is 6.54 Å². The van der Waals surface area contributed by atoms with Crippen LogP contribution in [0.2, 0.25) is 0 Å². The first kappa shape index (κ1) is 17.8. The van der Waals surface area contributed by atoms with Gasteiger partial charge in [0.2, 0.25) is 0 Å². The molecule has 1 N–H and O–H groups in total. The highest BCUT2D eigenvalue weighted by atomic mass is 16.5. The average molecular weight is 366 g/mol. The third-order valence-electron chi connectivity index (χ3n) is 5.30. The molecule has 3 heterocycles. The molecule has 142 valence electrons. The number of nitrogens with zero attached hydrogens (tertiary/aromatic N) is 3. The number of aromatic nitrogens is 3. The molecule has 27 heavy (non-hydrogen) atoms. The van der Waals surface area contributed by atoms with E-state index in [-0.39, 0.29) is 6.04 Å². The molecule has 0 bridgehead atoms. The fraction of sp³-hybridized carbons (Fsp3) is 0.429. The number of methoxy groups -OCH3 is 1. The zero-order valence-corrected chi connectivity index (χ0v) is 16.1. The van der Waals surface area contributed by atoms with Gasteiger partial charge in [0.05, 0.1) is 30.7 Å². The molecule has 0 spiro atoms. The molecule has 1 aromatic carbocycles. The fourth-order valence-electron chi connectivity index (χ4n) is 3.73. The van der Waals surface area contributed by atoms with Crippen molar-refractivity contribution in [3.05, 3.63) is 53.5 Å². The second-order valence-electron chi connectivity index (χ2n) is 7.44. The van der Waals surface area contributed by atoms with Crippen LogP contribution in [0.4, 0.5) is 0 Å². The van der Waals surface area contributed by atoms with Crippen molar-refractivity contribution in [3.63, 3.8) is 0 Å². The summed E-state index contributed by atoms with van der Waals surface area (Å²) in [6, 6.07) is 10.5.